The quantitative estimate of drug-likeness (QED) is 0.859. The summed E-state index contributed by atoms with van der Waals surface area (Å²) in [6.07, 6.45) is 0. The second-order valence-electron chi connectivity index (χ2n) is 4.36. The Kier molecular flexibility index (Phi) is 4.98. The van der Waals surface area contributed by atoms with E-state index in [4.69, 9.17) is 4.74 Å². The van der Waals surface area contributed by atoms with Crippen molar-refractivity contribution in [2.75, 3.05) is 13.7 Å². The maximum atomic E-state index is 13.0. The second kappa shape index (κ2) is 6.72. The highest BCUT2D eigenvalue weighted by Crippen LogP contribution is 2.19. The molecule has 0 radical (unpaired) electrons. The molecule has 1 aromatic heterocycles. The summed E-state index contributed by atoms with van der Waals surface area (Å²) >= 11 is 4.16. The molecular formula is C15H16FNO2S. The summed E-state index contributed by atoms with van der Waals surface area (Å²) in [5, 5.41) is 0. The molecule has 2 aromatic rings. The molecule has 0 spiro atoms. The van der Waals surface area contributed by atoms with Crippen molar-refractivity contribution in [3.63, 3.8) is 0 Å². The highest BCUT2D eigenvalue weighted by Gasteiger charge is 2.09. The van der Waals surface area contributed by atoms with Crippen LogP contribution in [0.5, 0.6) is 0 Å². The van der Waals surface area contributed by atoms with Gasteiger partial charge >= 0.3 is 0 Å². The number of thiol groups is 1. The third-order valence-electron chi connectivity index (χ3n) is 3.08. The molecule has 0 N–H and O–H groups in total. The molecule has 3 nitrogen and oxygen atoms in total. The minimum absolute atomic E-state index is 0.0844. The second-order valence-corrected chi connectivity index (χ2v) is 4.67. The first-order valence-corrected chi connectivity index (χ1v) is 6.89. The first kappa shape index (κ1) is 14.8. The van der Waals surface area contributed by atoms with E-state index in [1.54, 1.807) is 29.9 Å². The van der Waals surface area contributed by atoms with Crippen LogP contribution in [0.3, 0.4) is 0 Å². The number of hydrogen-bond donors (Lipinski definition) is 1. The van der Waals surface area contributed by atoms with E-state index < -0.39 is 0 Å². The van der Waals surface area contributed by atoms with Crippen molar-refractivity contribution >= 4 is 12.6 Å². The highest BCUT2D eigenvalue weighted by molar-refractivity contribution is 7.79. The molecule has 0 atom stereocenters. The van der Waals surface area contributed by atoms with Crippen molar-refractivity contribution < 1.29 is 9.13 Å². The summed E-state index contributed by atoms with van der Waals surface area (Å²) in [5.74, 6) is 0.0849. The Morgan fingerprint density at radius 1 is 1.20 bits per heavy atom. The monoisotopic (exact) mass is 293 g/mol. The van der Waals surface area contributed by atoms with E-state index in [1.807, 2.05) is 6.07 Å². The van der Waals surface area contributed by atoms with Gasteiger partial charge in [-0.3, -0.25) is 4.79 Å². The molecule has 5 heteroatoms. The third-order valence-corrected chi connectivity index (χ3v) is 3.42. The number of ether oxygens (including phenoxy) is 1. The molecule has 106 valence electrons. The van der Waals surface area contributed by atoms with Crippen LogP contribution in [0.1, 0.15) is 5.56 Å². The largest absolute Gasteiger partial charge is 0.383 e. The smallest absolute Gasteiger partial charge is 0.255 e. The fourth-order valence-corrected chi connectivity index (χ4v) is 2.26. The van der Waals surface area contributed by atoms with Crippen molar-refractivity contribution in [3.05, 3.63) is 58.1 Å². The number of rotatable bonds is 5. The number of hydrogen-bond acceptors (Lipinski definition) is 3. The Morgan fingerprint density at radius 2 is 1.90 bits per heavy atom. The predicted octanol–water partition coefficient (Wildman–Crippen LogP) is 2.73. The van der Waals surface area contributed by atoms with Gasteiger partial charge in [-0.2, -0.15) is 12.6 Å². The summed E-state index contributed by atoms with van der Waals surface area (Å²) in [7, 11) is 1.59. The van der Waals surface area contributed by atoms with Crippen LogP contribution >= 0.6 is 12.6 Å². The van der Waals surface area contributed by atoms with Crippen LogP contribution in [0, 0.1) is 5.82 Å². The van der Waals surface area contributed by atoms with Crippen molar-refractivity contribution in [3.8, 4) is 11.3 Å². The molecule has 0 saturated heterocycles. The van der Waals surface area contributed by atoms with Crippen LogP contribution in [0.2, 0.25) is 0 Å². The highest BCUT2D eigenvalue weighted by atomic mass is 32.1. The molecule has 1 heterocycles. The molecular weight excluding hydrogens is 277 g/mol. The van der Waals surface area contributed by atoms with E-state index in [0.29, 0.717) is 24.5 Å². The SMILES string of the molecule is COCCn1c(-c2ccc(F)cc2)ccc(CS)c1=O. The van der Waals surface area contributed by atoms with Gasteiger partial charge in [0, 0.05) is 25.0 Å². The number of methoxy groups -OCH3 is 1. The fraction of sp³-hybridized carbons (Fsp3) is 0.267. The molecule has 2 rings (SSSR count). The summed E-state index contributed by atoms with van der Waals surface area (Å²) in [5.41, 5.74) is 2.09. The van der Waals surface area contributed by atoms with E-state index in [1.165, 1.54) is 12.1 Å². The van der Waals surface area contributed by atoms with E-state index in [-0.39, 0.29) is 11.4 Å². The van der Waals surface area contributed by atoms with Gasteiger partial charge in [0.1, 0.15) is 5.82 Å². The van der Waals surface area contributed by atoms with Gasteiger partial charge in [-0.05, 0) is 35.9 Å². The Morgan fingerprint density at radius 3 is 2.50 bits per heavy atom. The molecule has 0 saturated carbocycles. The number of pyridine rings is 1. The fourth-order valence-electron chi connectivity index (χ4n) is 2.02. The maximum Gasteiger partial charge on any atom is 0.255 e. The van der Waals surface area contributed by atoms with E-state index in [2.05, 4.69) is 12.6 Å². The van der Waals surface area contributed by atoms with E-state index in [9.17, 15) is 9.18 Å². The standard InChI is InChI=1S/C15H16FNO2S/c1-19-9-8-17-14(7-4-12(10-20)15(17)18)11-2-5-13(16)6-3-11/h2-7,20H,8-10H2,1H3. The van der Waals surface area contributed by atoms with E-state index in [0.717, 1.165) is 11.3 Å². The van der Waals surface area contributed by atoms with Crippen LogP contribution in [0.25, 0.3) is 11.3 Å². The minimum atomic E-state index is -0.300. The molecule has 0 unspecified atom stereocenters. The third kappa shape index (κ3) is 3.11. The van der Waals surface area contributed by atoms with Gasteiger partial charge in [0.05, 0.1) is 12.3 Å². The number of benzene rings is 1. The molecule has 0 aliphatic carbocycles. The van der Waals surface area contributed by atoms with Gasteiger partial charge in [0.2, 0.25) is 0 Å². The van der Waals surface area contributed by atoms with Crippen molar-refractivity contribution in [1.29, 1.82) is 0 Å². The topological polar surface area (TPSA) is 31.2 Å². The zero-order valence-electron chi connectivity index (χ0n) is 11.2. The van der Waals surface area contributed by atoms with Gasteiger partial charge in [0.15, 0.2) is 0 Å². The summed E-state index contributed by atoms with van der Waals surface area (Å²) in [4.78, 5) is 12.4. The van der Waals surface area contributed by atoms with Crippen LogP contribution in [0.15, 0.2) is 41.2 Å². The zero-order chi connectivity index (χ0) is 14.5. The summed E-state index contributed by atoms with van der Waals surface area (Å²) in [6.45, 7) is 0.883. The lowest BCUT2D eigenvalue weighted by Gasteiger charge is -2.14. The van der Waals surface area contributed by atoms with Crippen molar-refractivity contribution in [2.24, 2.45) is 0 Å². The average molecular weight is 293 g/mol. The Bertz CT molecular complexity index is 637. The maximum absolute atomic E-state index is 13.0. The Balaban J connectivity index is 2.54. The lowest BCUT2D eigenvalue weighted by Crippen LogP contribution is -2.26. The molecule has 0 amide bonds. The van der Waals surface area contributed by atoms with Gasteiger partial charge in [-0.25, -0.2) is 4.39 Å². The molecule has 1 aromatic carbocycles. The molecule has 0 fully saturated rings. The summed E-state index contributed by atoms with van der Waals surface area (Å²) in [6, 6.07) is 9.70. The number of aromatic nitrogens is 1. The molecule has 0 aliphatic rings. The van der Waals surface area contributed by atoms with Gasteiger partial charge < -0.3 is 9.30 Å². The van der Waals surface area contributed by atoms with Gasteiger partial charge in [0.25, 0.3) is 5.56 Å². The number of nitrogens with zero attached hydrogens (tertiary/aromatic N) is 1. The van der Waals surface area contributed by atoms with Gasteiger partial charge in [-0.1, -0.05) is 6.07 Å². The zero-order valence-corrected chi connectivity index (χ0v) is 12.1. The first-order chi connectivity index (χ1) is 9.67. The van der Waals surface area contributed by atoms with Crippen LogP contribution in [-0.4, -0.2) is 18.3 Å². The normalized spacial score (nSPS) is 10.8. The Hall–Kier alpha value is -1.59. The van der Waals surface area contributed by atoms with Crippen molar-refractivity contribution in [1.82, 2.24) is 4.57 Å². The van der Waals surface area contributed by atoms with E-state index >= 15 is 0 Å². The van der Waals surface area contributed by atoms with Crippen LogP contribution in [0.4, 0.5) is 4.39 Å². The predicted molar refractivity (Wildman–Crippen MR) is 80.7 cm³/mol. The molecule has 0 bridgehead atoms. The van der Waals surface area contributed by atoms with Gasteiger partial charge in [-0.15, -0.1) is 0 Å². The lowest BCUT2D eigenvalue weighted by atomic mass is 10.1. The van der Waals surface area contributed by atoms with Crippen LogP contribution in [-0.2, 0) is 17.0 Å². The Labute approximate surface area is 122 Å². The summed E-state index contributed by atoms with van der Waals surface area (Å²) < 4.78 is 19.7. The minimum Gasteiger partial charge on any atom is -0.383 e. The van der Waals surface area contributed by atoms with Crippen molar-refractivity contribution in [2.45, 2.75) is 12.3 Å². The van der Waals surface area contributed by atoms with Crippen LogP contribution < -0.4 is 5.56 Å². The lowest BCUT2D eigenvalue weighted by molar-refractivity contribution is 0.186. The average Bonchev–Trinajstić information content (AvgIpc) is 2.47. The first-order valence-electron chi connectivity index (χ1n) is 6.26. The number of halogens is 1. The molecule has 20 heavy (non-hydrogen) atoms. The molecule has 0 aliphatic heterocycles.